The Morgan fingerprint density at radius 1 is 1.11 bits per heavy atom. The van der Waals surface area contributed by atoms with Crippen molar-refractivity contribution in [3.63, 3.8) is 0 Å². The highest BCUT2D eigenvalue weighted by atomic mass is 16.5. The highest BCUT2D eigenvalue weighted by molar-refractivity contribution is 5.59. The topological polar surface area (TPSA) is 39.7 Å². The van der Waals surface area contributed by atoms with Crippen LogP contribution in [0.2, 0.25) is 0 Å². The molecule has 1 N–H and O–H groups in total. The number of benzene rings is 1. The fourth-order valence-corrected chi connectivity index (χ4v) is 1.62. The number of hydrogen-bond donors (Lipinski definition) is 1. The SMILES string of the molecule is CCOc1ccc(OCC)c(NCCCOC)c1. The minimum atomic E-state index is 0.654. The third-order valence-corrected chi connectivity index (χ3v) is 2.40. The maximum atomic E-state index is 5.58. The van der Waals surface area contributed by atoms with E-state index in [-0.39, 0.29) is 0 Å². The lowest BCUT2D eigenvalue weighted by Crippen LogP contribution is -2.07. The molecular formula is C14H23NO3. The molecule has 0 radical (unpaired) electrons. The van der Waals surface area contributed by atoms with Crippen LogP contribution in [0, 0.1) is 0 Å². The second kappa shape index (κ2) is 8.64. The zero-order valence-electron chi connectivity index (χ0n) is 11.5. The second-order valence-corrected chi connectivity index (χ2v) is 3.80. The van der Waals surface area contributed by atoms with Gasteiger partial charge in [-0.25, -0.2) is 0 Å². The van der Waals surface area contributed by atoms with Crippen molar-refractivity contribution in [1.29, 1.82) is 0 Å². The second-order valence-electron chi connectivity index (χ2n) is 3.80. The average molecular weight is 253 g/mol. The van der Waals surface area contributed by atoms with Gasteiger partial charge in [0.1, 0.15) is 11.5 Å². The molecule has 0 amide bonds. The summed E-state index contributed by atoms with van der Waals surface area (Å²) in [6.45, 7) is 6.87. The lowest BCUT2D eigenvalue weighted by atomic mass is 10.2. The molecule has 0 bridgehead atoms. The zero-order chi connectivity index (χ0) is 13.2. The maximum absolute atomic E-state index is 5.58. The van der Waals surface area contributed by atoms with Crippen LogP contribution in [0.5, 0.6) is 11.5 Å². The molecule has 0 aliphatic carbocycles. The van der Waals surface area contributed by atoms with Gasteiger partial charge < -0.3 is 19.5 Å². The summed E-state index contributed by atoms with van der Waals surface area (Å²) in [5.74, 6) is 1.72. The van der Waals surface area contributed by atoms with Crippen LogP contribution in [0.1, 0.15) is 20.3 Å². The number of anilines is 1. The van der Waals surface area contributed by atoms with Crippen LogP contribution in [0.3, 0.4) is 0 Å². The van der Waals surface area contributed by atoms with E-state index in [1.807, 2.05) is 32.0 Å². The maximum Gasteiger partial charge on any atom is 0.142 e. The zero-order valence-corrected chi connectivity index (χ0v) is 11.5. The first-order chi connectivity index (χ1) is 8.81. The molecule has 18 heavy (non-hydrogen) atoms. The summed E-state index contributed by atoms with van der Waals surface area (Å²) in [7, 11) is 1.71. The van der Waals surface area contributed by atoms with Gasteiger partial charge in [0, 0.05) is 26.3 Å². The van der Waals surface area contributed by atoms with Crippen LogP contribution >= 0.6 is 0 Å². The normalized spacial score (nSPS) is 10.2. The predicted molar refractivity (Wildman–Crippen MR) is 73.8 cm³/mol. The first kappa shape index (κ1) is 14.6. The predicted octanol–water partition coefficient (Wildman–Crippen LogP) is 2.93. The molecule has 0 fully saturated rings. The highest BCUT2D eigenvalue weighted by Crippen LogP contribution is 2.29. The van der Waals surface area contributed by atoms with Gasteiger partial charge in [-0.05, 0) is 32.4 Å². The van der Waals surface area contributed by atoms with E-state index in [1.54, 1.807) is 7.11 Å². The van der Waals surface area contributed by atoms with E-state index < -0.39 is 0 Å². The summed E-state index contributed by atoms with van der Waals surface area (Å²) in [6, 6.07) is 5.84. The molecule has 1 aromatic rings. The van der Waals surface area contributed by atoms with Gasteiger partial charge in [-0.15, -0.1) is 0 Å². The molecule has 0 aliphatic rings. The molecule has 0 atom stereocenters. The van der Waals surface area contributed by atoms with Crippen LogP contribution in [-0.2, 0) is 4.74 Å². The van der Waals surface area contributed by atoms with Gasteiger partial charge in [0.05, 0.1) is 18.9 Å². The minimum Gasteiger partial charge on any atom is -0.494 e. The van der Waals surface area contributed by atoms with Gasteiger partial charge in [0.25, 0.3) is 0 Å². The molecule has 0 aromatic heterocycles. The van der Waals surface area contributed by atoms with Crippen molar-refractivity contribution in [3.8, 4) is 11.5 Å². The molecule has 4 nitrogen and oxygen atoms in total. The van der Waals surface area contributed by atoms with E-state index in [2.05, 4.69) is 5.32 Å². The lowest BCUT2D eigenvalue weighted by molar-refractivity contribution is 0.197. The Morgan fingerprint density at radius 2 is 1.89 bits per heavy atom. The largest absolute Gasteiger partial charge is 0.494 e. The van der Waals surface area contributed by atoms with Crippen LogP contribution in [0.25, 0.3) is 0 Å². The van der Waals surface area contributed by atoms with Crippen LogP contribution < -0.4 is 14.8 Å². The Balaban J connectivity index is 2.66. The van der Waals surface area contributed by atoms with Crippen LogP contribution in [-0.4, -0.2) is 33.5 Å². The number of methoxy groups -OCH3 is 1. The van der Waals surface area contributed by atoms with Crippen molar-refractivity contribution < 1.29 is 14.2 Å². The smallest absolute Gasteiger partial charge is 0.142 e. The first-order valence-corrected chi connectivity index (χ1v) is 6.44. The molecule has 4 heteroatoms. The Hall–Kier alpha value is -1.42. The molecule has 0 spiro atoms. The minimum absolute atomic E-state index is 0.654. The van der Waals surface area contributed by atoms with Crippen molar-refractivity contribution in [2.45, 2.75) is 20.3 Å². The van der Waals surface area contributed by atoms with E-state index in [9.17, 15) is 0 Å². The van der Waals surface area contributed by atoms with Gasteiger partial charge in [0.15, 0.2) is 0 Å². The molecule has 1 rings (SSSR count). The standard InChI is InChI=1S/C14H23NO3/c1-4-17-12-7-8-14(18-5-2)13(11-12)15-9-6-10-16-3/h7-8,11,15H,4-6,9-10H2,1-3H3. The number of rotatable bonds is 9. The fourth-order valence-electron chi connectivity index (χ4n) is 1.62. The van der Waals surface area contributed by atoms with Crippen molar-refractivity contribution in [1.82, 2.24) is 0 Å². The van der Waals surface area contributed by atoms with E-state index in [4.69, 9.17) is 14.2 Å². The Bertz CT molecular complexity index is 342. The highest BCUT2D eigenvalue weighted by Gasteiger charge is 2.05. The summed E-state index contributed by atoms with van der Waals surface area (Å²) in [4.78, 5) is 0. The quantitative estimate of drug-likeness (QED) is 0.687. The average Bonchev–Trinajstić information content (AvgIpc) is 2.38. The number of nitrogens with one attached hydrogen (secondary N) is 1. The van der Waals surface area contributed by atoms with Crippen LogP contribution in [0.4, 0.5) is 5.69 Å². The summed E-state index contributed by atoms with van der Waals surface area (Å²) in [5.41, 5.74) is 0.971. The molecular weight excluding hydrogens is 230 g/mol. The molecule has 0 unspecified atom stereocenters. The molecule has 0 aliphatic heterocycles. The van der Waals surface area contributed by atoms with Gasteiger partial charge in [-0.3, -0.25) is 0 Å². The first-order valence-electron chi connectivity index (χ1n) is 6.44. The van der Waals surface area contributed by atoms with Crippen molar-refractivity contribution >= 4 is 5.69 Å². The van der Waals surface area contributed by atoms with Gasteiger partial charge in [0.2, 0.25) is 0 Å². The van der Waals surface area contributed by atoms with Gasteiger partial charge >= 0.3 is 0 Å². The van der Waals surface area contributed by atoms with Crippen molar-refractivity contribution in [3.05, 3.63) is 18.2 Å². The van der Waals surface area contributed by atoms with Crippen molar-refractivity contribution in [2.75, 3.05) is 38.8 Å². The van der Waals surface area contributed by atoms with Gasteiger partial charge in [-0.1, -0.05) is 0 Å². The fraction of sp³-hybridized carbons (Fsp3) is 0.571. The monoisotopic (exact) mass is 253 g/mol. The third-order valence-electron chi connectivity index (χ3n) is 2.40. The van der Waals surface area contributed by atoms with E-state index in [1.165, 1.54) is 0 Å². The summed E-state index contributed by atoms with van der Waals surface area (Å²) < 4.78 is 16.1. The summed E-state index contributed by atoms with van der Waals surface area (Å²) in [6.07, 6.45) is 0.959. The third kappa shape index (κ3) is 4.84. The van der Waals surface area contributed by atoms with E-state index >= 15 is 0 Å². The van der Waals surface area contributed by atoms with Crippen molar-refractivity contribution in [2.24, 2.45) is 0 Å². The number of ether oxygens (including phenoxy) is 3. The molecule has 0 saturated carbocycles. The lowest BCUT2D eigenvalue weighted by Gasteiger charge is -2.14. The Labute approximate surface area is 109 Å². The molecule has 1 aromatic carbocycles. The Morgan fingerprint density at radius 3 is 2.56 bits per heavy atom. The molecule has 102 valence electrons. The van der Waals surface area contributed by atoms with E-state index in [0.717, 1.165) is 36.8 Å². The number of hydrogen-bond acceptors (Lipinski definition) is 4. The van der Waals surface area contributed by atoms with Crippen LogP contribution in [0.15, 0.2) is 18.2 Å². The molecule has 0 heterocycles. The summed E-state index contributed by atoms with van der Waals surface area (Å²) >= 11 is 0. The van der Waals surface area contributed by atoms with Gasteiger partial charge in [-0.2, -0.15) is 0 Å². The van der Waals surface area contributed by atoms with E-state index in [0.29, 0.717) is 13.2 Å². The summed E-state index contributed by atoms with van der Waals surface area (Å²) in [5, 5.41) is 3.35. The Kier molecular flexibility index (Phi) is 7.03. The molecule has 0 saturated heterocycles.